The Bertz CT molecular complexity index is 1160. The lowest BCUT2D eigenvalue weighted by molar-refractivity contribution is -0.113. The molecular weight excluding hydrogens is 536 g/mol. The fraction of sp³-hybridized carbons (Fsp3) is 0.464. The Kier molecular flexibility index (Phi) is 10.0. The topological polar surface area (TPSA) is 69.0 Å². The molecule has 36 heavy (non-hydrogen) atoms. The Labute approximate surface area is 227 Å². The van der Waals surface area contributed by atoms with Crippen LogP contribution in [0, 0.1) is 5.92 Å². The molecule has 1 N–H and O–H groups in total. The van der Waals surface area contributed by atoms with Crippen LogP contribution in [0.25, 0.3) is 0 Å². The van der Waals surface area contributed by atoms with E-state index in [4.69, 9.17) is 4.74 Å². The molecule has 0 radical (unpaired) electrons. The SMILES string of the molecule is CC(C)Cn1c(SCC(=O)Nc2ccc(Br)cc2C(C)C)nnc1C(C)Oc1ccc(C(C)C)cc1. The Hall–Kier alpha value is -2.32. The van der Waals surface area contributed by atoms with Gasteiger partial charge in [0.15, 0.2) is 17.1 Å². The number of nitrogens with one attached hydrogen (secondary N) is 1. The first-order chi connectivity index (χ1) is 17.0. The van der Waals surface area contributed by atoms with Gasteiger partial charge in [0.1, 0.15) is 5.75 Å². The molecule has 0 saturated carbocycles. The fourth-order valence-electron chi connectivity index (χ4n) is 3.87. The van der Waals surface area contributed by atoms with Gasteiger partial charge in [-0.05, 0) is 66.1 Å². The van der Waals surface area contributed by atoms with Gasteiger partial charge < -0.3 is 14.6 Å². The number of hydrogen-bond donors (Lipinski definition) is 1. The van der Waals surface area contributed by atoms with Crippen LogP contribution in [0.5, 0.6) is 5.75 Å². The second kappa shape index (κ2) is 12.8. The lowest BCUT2D eigenvalue weighted by Gasteiger charge is -2.18. The van der Waals surface area contributed by atoms with E-state index in [0.717, 1.165) is 39.0 Å². The molecule has 1 amide bonds. The zero-order chi connectivity index (χ0) is 26.4. The standard InChI is InChI=1S/C28H37BrN4O2S/c1-17(2)15-33-27(20(7)35-23-11-8-21(9-12-23)18(3)4)31-32-28(33)36-16-26(34)30-25-13-10-22(29)14-24(25)19(5)6/h8-14,17-20H,15-16H2,1-7H3,(H,30,34). The smallest absolute Gasteiger partial charge is 0.234 e. The molecule has 1 heterocycles. The van der Waals surface area contributed by atoms with Crippen LogP contribution in [0.3, 0.4) is 0 Å². The van der Waals surface area contributed by atoms with Crippen LogP contribution < -0.4 is 10.1 Å². The van der Waals surface area contributed by atoms with Crippen molar-refractivity contribution in [1.82, 2.24) is 14.8 Å². The van der Waals surface area contributed by atoms with Gasteiger partial charge in [0.25, 0.3) is 0 Å². The van der Waals surface area contributed by atoms with Crippen LogP contribution in [0.2, 0.25) is 0 Å². The lowest BCUT2D eigenvalue weighted by atomic mass is 10.0. The predicted octanol–water partition coefficient (Wildman–Crippen LogP) is 7.81. The lowest BCUT2D eigenvalue weighted by Crippen LogP contribution is -2.18. The van der Waals surface area contributed by atoms with E-state index in [2.05, 4.69) is 95.8 Å². The largest absolute Gasteiger partial charge is 0.483 e. The third-order valence-electron chi connectivity index (χ3n) is 5.76. The molecule has 1 unspecified atom stereocenters. The monoisotopic (exact) mass is 572 g/mol. The highest BCUT2D eigenvalue weighted by molar-refractivity contribution is 9.10. The molecule has 194 valence electrons. The summed E-state index contributed by atoms with van der Waals surface area (Å²) >= 11 is 4.91. The van der Waals surface area contributed by atoms with E-state index in [0.29, 0.717) is 17.8 Å². The molecular formula is C28H37BrN4O2S. The molecule has 6 nitrogen and oxygen atoms in total. The van der Waals surface area contributed by atoms with Crippen LogP contribution in [-0.4, -0.2) is 26.4 Å². The van der Waals surface area contributed by atoms with Gasteiger partial charge in [0.2, 0.25) is 5.91 Å². The van der Waals surface area contributed by atoms with E-state index in [9.17, 15) is 4.79 Å². The molecule has 0 aliphatic heterocycles. The molecule has 0 aliphatic rings. The highest BCUT2D eigenvalue weighted by Crippen LogP contribution is 2.29. The molecule has 2 aromatic carbocycles. The van der Waals surface area contributed by atoms with Crippen LogP contribution in [0.15, 0.2) is 52.1 Å². The number of halogens is 1. The van der Waals surface area contributed by atoms with Crippen molar-refractivity contribution in [3.8, 4) is 5.75 Å². The molecule has 0 bridgehead atoms. The first-order valence-electron chi connectivity index (χ1n) is 12.5. The maximum atomic E-state index is 12.8. The number of rotatable bonds is 11. The maximum absolute atomic E-state index is 12.8. The number of hydrogen-bond acceptors (Lipinski definition) is 5. The van der Waals surface area contributed by atoms with Crippen molar-refractivity contribution in [3.63, 3.8) is 0 Å². The van der Waals surface area contributed by atoms with Gasteiger partial charge in [0, 0.05) is 16.7 Å². The van der Waals surface area contributed by atoms with Crippen molar-refractivity contribution >= 4 is 39.3 Å². The summed E-state index contributed by atoms with van der Waals surface area (Å²) in [5, 5.41) is 12.6. The van der Waals surface area contributed by atoms with Crippen molar-refractivity contribution in [3.05, 3.63) is 63.9 Å². The summed E-state index contributed by atoms with van der Waals surface area (Å²) in [5.74, 6) is 2.90. The fourth-order valence-corrected chi connectivity index (χ4v) is 5.01. The third kappa shape index (κ3) is 7.59. The van der Waals surface area contributed by atoms with Crippen molar-refractivity contribution in [2.24, 2.45) is 5.92 Å². The third-order valence-corrected chi connectivity index (χ3v) is 7.22. The predicted molar refractivity (Wildman–Crippen MR) is 152 cm³/mol. The highest BCUT2D eigenvalue weighted by Gasteiger charge is 2.21. The van der Waals surface area contributed by atoms with Crippen LogP contribution in [0.1, 0.15) is 83.4 Å². The van der Waals surface area contributed by atoms with Crippen LogP contribution in [-0.2, 0) is 11.3 Å². The zero-order valence-electron chi connectivity index (χ0n) is 22.2. The van der Waals surface area contributed by atoms with Crippen molar-refractivity contribution in [2.45, 2.75) is 78.1 Å². The van der Waals surface area contributed by atoms with Gasteiger partial charge in [-0.2, -0.15) is 0 Å². The first-order valence-corrected chi connectivity index (χ1v) is 14.2. The summed E-state index contributed by atoms with van der Waals surface area (Å²) in [6.45, 7) is 15.6. The number of amides is 1. The minimum atomic E-state index is -0.277. The Morgan fingerprint density at radius 1 is 1.00 bits per heavy atom. The zero-order valence-corrected chi connectivity index (χ0v) is 24.6. The summed E-state index contributed by atoms with van der Waals surface area (Å²) in [6, 6.07) is 14.1. The van der Waals surface area contributed by atoms with E-state index < -0.39 is 0 Å². The maximum Gasteiger partial charge on any atom is 0.234 e. The minimum Gasteiger partial charge on any atom is -0.483 e. The molecule has 3 aromatic rings. The molecule has 0 saturated heterocycles. The van der Waals surface area contributed by atoms with Gasteiger partial charge in [-0.25, -0.2) is 0 Å². The van der Waals surface area contributed by atoms with Crippen LogP contribution in [0.4, 0.5) is 5.69 Å². The normalized spacial score (nSPS) is 12.4. The van der Waals surface area contributed by atoms with Gasteiger partial charge in [-0.1, -0.05) is 81.4 Å². The average molecular weight is 574 g/mol. The van der Waals surface area contributed by atoms with E-state index in [-0.39, 0.29) is 17.8 Å². The molecule has 0 aliphatic carbocycles. The first kappa shape index (κ1) is 28.3. The van der Waals surface area contributed by atoms with Crippen molar-refractivity contribution < 1.29 is 9.53 Å². The van der Waals surface area contributed by atoms with E-state index in [1.54, 1.807) is 0 Å². The Balaban J connectivity index is 1.71. The van der Waals surface area contributed by atoms with Gasteiger partial charge in [0.05, 0.1) is 5.75 Å². The van der Waals surface area contributed by atoms with Gasteiger partial charge >= 0.3 is 0 Å². The number of aromatic nitrogens is 3. The molecule has 3 rings (SSSR count). The molecule has 0 spiro atoms. The van der Waals surface area contributed by atoms with E-state index >= 15 is 0 Å². The van der Waals surface area contributed by atoms with Gasteiger partial charge in [-0.3, -0.25) is 4.79 Å². The van der Waals surface area contributed by atoms with Crippen LogP contribution >= 0.6 is 27.7 Å². The summed E-state index contributed by atoms with van der Waals surface area (Å²) < 4.78 is 9.28. The number of thioether (sulfide) groups is 1. The minimum absolute atomic E-state index is 0.0700. The summed E-state index contributed by atoms with van der Waals surface area (Å²) in [6.07, 6.45) is -0.277. The summed E-state index contributed by atoms with van der Waals surface area (Å²) in [7, 11) is 0. The molecule has 8 heteroatoms. The Morgan fingerprint density at radius 2 is 1.69 bits per heavy atom. The van der Waals surface area contributed by atoms with E-state index in [1.165, 1.54) is 17.3 Å². The number of nitrogens with zero attached hydrogens (tertiary/aromatic N) is 3. The molecule has 1 aromatic heterocycles. The molecule has 1 atom stereocenters. The number of carbonyl (C=O) groups is 1. The quantitative estimate of drug-likeness (QED) is 0.237. The van der Waals surface area contributed by atoms with Crippen molar-refractivity contribution in [2.75, 3.05) is 11.1 Å². The second-order valence-corrected chi connectivity index (χ2v) is 11.9. The van der Waals surface area contributed by atoms with E-state index in [1.807, 2.05) is 31.2 Å². The molecule has 0 fully saturated rings. The second-order valence-electron chi connectivity index (χ2n) is 10.1. The summed E-state index contributed by atoms with van der Waals surface area (Å²) in [5.41, 5.74) is 3.22. The number of benzene rings is 2. The number of carbonyl (C=O) groups excluding carboxylic acids is 1. The number of ether oxygens (including phenoxy) is 1. The number of anilines is 1. The summed E-state index contributed by atoms with van der Waals surface area (Å²) in [4.78, 5) is 12.8. The Morgan fingerprint density at radius 3 is 2.31 bits per heavy atom. The van der Waals surface area contributed by atoms with Gasteiger partial charge in [-0.15, -0.1) is 10.2 Å². The van der Waals surface area contributed by atoms with Crippen molar-refractivity contribution in [1.29, 1.82) is 0 Å². The highest BCUT2D eigenvalue weighted by atomic mass is 79.9. The average Bonchev–Trinajstić information content (AvgIpc) is 3.21.